The summed E-state index contributed by atoms with van der Waals surface area (Å²) in [5.74, 6) is 0.498. The predicted molar refractivity (Wildman–Crippen MR) is 70.3 cm³/mol. The normalized spacial score (nSPS) is 27.2. The van der Waals surface area contributed by atoms with Gasteiger partial charge in [0.1, 0.15) is 7.85 Å². The van der Waals surface area contributed by atoms with Crippen LogP contribution in [0.15, 0.2) is 18.3 Å². The summed E-state index contributed by atoms with van der Waals surface area (Å²) in [6, 6.07) is 3.99. The standard InChI is InChI=1S/C14H18BNO2/c15-12-1-2-13(16-10-12)11-3-6-18-14(9-11)4-7-17-8-5-14/h1-2,10-11H,3-9H2. The van der Waals surface area contributed by atoms with E-state index in [9.17, 15) is 0 Å². The fraction of sp³-hybridized carbons (Fsp3) is 0.643. The molecule has 0 aliphatic carbocycles. The van der Waals surface area contributed by atoms with Crippen LogP contribution in [0.1, 0.15) is 37.3 Å². The summed E-state index contributed by atoms with van der Waals surface area (Å²) in [6.45, 7) is 2.47. The lowest BCUT2D eigenvalue weighted by atomic mass is 9.79. The van der Waals surface area contributed by atoms with Crippen LogP contribution in [0.25, 0.3) is 0 Å². The van der Waals surface area contributed by atoms with E-state index in [-0.39, 0.29) is 5.60 Å². The minimum absolute atomic E-state index is 0.0320. The average molecular weight is 243 g/mol. The van der Waals surface area contributed by atoms with E-state index in [2.05, 4.69) is 11.1 Å². The first-order valence-electron chi connectivity index (χ1n) is 6.71. The van der Waals surface area contributed by atoms with Gasteiger partial charge in [-0.25, -0.2) is 0 Å². The van der Waals surface area contributed by atoms with Gasteiger partial charge in [0.05, 0.1) is 5.60 Å². The van der Waals surface area contributed by atoms with Crippen molar-refractivity contribution in [1.29, 1.82) is 0 Å². The molecule has 1 spiro atoms. The third kappa shape index (κ3) is 2.45. The van der Waals surface area contributed by atoms with Gasteiger partial charge in [0.25, 0.3) is 0 Å². The minimum atomic E-state index is 0.0320. The Balaban J connectivity index is 1.75. The summed E-state index contributed by atoms with van der Waals surface area (Å²) in [5.41, 5.74) is 1.91. The maximum Gasteiger partial charge on any atom is 0.115 e. The largest absolute Gasteiger partial charge is 0.381 e. The van der Waals surface area contributed by atoms with Gasteiger partial charge >= 0.3 is 0 Å². The zero-order valence-corrected chi connectivity index (χ0v) is 10.6. The number of aromatic nitrogens is 1. The molecule has 0 aromatic carbocycles. The first kappa shape index (κ1) is 12.2. The molecule has 2 fully saturated rings. The summed E-state index contributed by atoms with van der Waals surface area (Å²) < 4.78 is 11.5. The van der Waals surface area contributed by atoms with Crippen molar-refractivity contribution in [3.8, 4) is 0 Å². The van der Waals surface area contributed by atoms with Gasteiger partial charge in [-0.15, -0.1) is 0 Å². The van der Waals surface area contributed by atoms with E-state index < -0.39 is 0 Å². The van der Waals surface area contributed by atoms with Gasteiger partial charge in [-0.3, -0.25) is 4.98 Å². The van der Waals surface area contributed by atoms with E-state index in [0.29, 0.717) is 5.92 Å². The minimum Gasteiger partial charge on any atom is -0.381 e. The summed E-state index contributed by atoms with van der Waals surface area (Å²) in [5, 5.41) is 0. The van der Waals surface area contributed by atoms with Crippen molar-refractivity contribution in [1.82, 2.24) is 4.98 Å². The van der Waals surface area contributed by atoms with Crippen LogP contribution in [0.3, 0.4) is 0 Å². The van der Waals surface area contributed by atoms with Crippen molar-refractivity contribution in [3.05, 3.63) is 24.0 Å². The number of ether oxygens (including phenoxy) is 2. The molecule has 4 heteroatoms. The molecule has 0 saturated carbocycles. The van der Waals surface area contributed by atoms with Crippen molar-refractivity contribution in [3.63, 3.8) is 0 Å². The Morgan fingerprint density at radius 3 is 2.78 bits per heavy atom. The maximum absolute atomic E-state index is 6.05. The molecule has 1 atom stereocenters. The smallest absolute Gasteiger partial charge is 0.115 e. The van der Waals surface area contributed by atoms with Gasteiger partial charge in [-0.2, -0.15) is 0 Å². The lowest BCUT2D eigenvalue weighted by molar-refractivity contribution is -0.138. The van der Waals surface area contributed by atoms with Crippen molar-refractivity contribution < 1.29 is 9.47 Å². The van der Waals surface area contributed by atoms with E-state index in [4.69, 9.17) is 17.3 Å². The molecule has 94 valence electrons. The Kier molecular flexibility index (Phi) is 3.40. The van der Waals surface area contributed by atoms with Crippen LogP contribution in [0.4, 0.5) is 0 Å². The van der Waals surface area contributed by atoms with Crippen LogP contribution in [0.2, 0.25) is 0 Å². The second-order valence-electron chi connectivity index (χ2n) is 5.35. The zero-order chi connectivity index (χ0) is 12.4. The van der Waals surface area contributed by atoms with Gasteiger partial charge < -0.3 is 9.47 Å². The highest BCUT2D eigenvalue weighted by molar-refractivity contribution is 6.32. The van der Waals surface area contributed by atoms with E-state index in [0.717, 1.165) is 56.7 Å². The molecule has 3 rings (SSSR count). The Hall–Kier alpha value is -0.865. The third-order valence-electron chi connectivity index (χ3n) is 4.12. The molecule has 2 aliphatic heterocycles. The number of hydrogen-bond donors (Lipinski definition) is 0. The van der Waals surface area contributed by atoms with Crippen molar-refractivity contribution >= 4 is 13.3 Å². The molecule has 1 unspecified atom stereocenters. The quantitative estimate of drug-likeness (QED) is 0.697. The van der Waals surface area contributed by atoms with Crippen LogP contribution < -0.4 is 5.46 Å². The second-order valence-corrected chi connectivity index (χ2v) is 5.35. The summed E-state index contributed by atoms with van der Waals surface area (Å²) in [4.78, 5) is 4.47. The highest BCUT2D eigenvalue weighted by atomic mass is 16.5. The lowest BCUT2D eigenvalue weighted by Crippen LogP contribution is -2.43. The molecular formula is C14H18BNO2. The molecule has 1 aromatic heterocycles. The molecule has 18 heavy (non-hydrogen) atoms. The molecule has 3 nitrogen and oxygen atoms in total. The molecule has 2 radical (unpaired) electrons. The predicted octanol–water partition coefficient (Wildman–Crippen LogP) is 1.32. The first-order valence-corrected chi connectivity index (χ1v) is 6.71. The molecule has 2 aliphatic rings. The van der Waals surface area contributed by atoms with Gasteiger partial charge in [0.2, 0.25) is 0 Å². The number of rotatable bonds is 1. The molecule has 2 saturated heterocycles. The lowest BCUT2D eigenvalue weighted by Gasteiger charge is -2.43. The fourth-order valence-electron chi connectivity index (χ4n) is 3.03. The fourth-order valence-corrected chi connectivity index (χ4v) is 3.03. The number of nitrogens with zero attached hydrogens (tertiary/aromatic N) is 1. The van der Waals surface area contributed by atoms with E-state index >= 15 is 0 Å². The number of pyridine rings is 1. The number of hydrogen-bond acceptors (Lipinski definition) is 3. The zero-order valence-electron chi connectivity index (χ0n) is 10.6. The average Bonchev–Trinajstić information content (AvgIpc) is 2.40. The third-order valence-corrected chi connectivity index (χ3v) is 4.12. The van der Waals surface area contributed by atoms with Crippen LogP contribution in [-0.4, -0.2) is 38.3 Å². The maximum atomic E-state index is 6.05. The highest BCUT2D eigenvalue weighted by Gasteiger charge is 2.39. The van der Waals surface area contributed by atoms with Crippen LogP contribution in [0, 0.1) is 0 Å². The van der Waals surface area contributed by atoms with Gasteiger partial charge in [0, 0.05) is 37.6 Å². The summed E-state index contributed by atoms with van der Waals surface area (Å²) >= 11 is 0. The van der Waals surface area contributed by atoms with Crippen LogP contribution >= 0.6 is 0 Å². The summed E-state index contributed by atoms with van der Waals surface area (Å²) in [7, 11) is 5.69. The van der Waals surface area contributed by atoms with Gasteiger partial charge in [-0.05, 0) is 31.7 Å². The summed E-state index contributed by atoms with van der Waals surface area (Å²) in [6.07, 6.45) is 5.89. The highest BCUT2D eigenvalue weighted by Crippen LogP contribution is 2.40. The molecular weight excluding hydrogens is 225 g/mol. The van der Waals surface area contributed by atoms with Crippen LogP contribution in [0.5, 0.6) is 0 Å². The molecule has 0 bridgehead atoms. The monoisotopic (exact) mass is 243 g/mol. The van der Waals surface area contributed by atoms with Crippen molar-refractivity contribution in [2.75, 3.05) is 19.8 Å². The van der Waals surface area contributed by atoms with Gasteiger partial charge in [-0.1, -0.05) is 11.5 Å². The van der Waals surface area contributed by atoms with Crippen molar-refractivity contribution in [2.45, 2.75) is 37.2 Å². The molecule has 0 N–H and O–H groups in total. The molecule has 3 heterocycles. The first-order chi connectivity index (χ1) is 8.77. The van der Waals surface area contributed by atoms with Gasteiger partial charge in [0.15, 0.2) is 0 Å². The topological polar surface area (TPSA) is 31.4 Å². The molecule has 1 aromatic rings. The van der Waals surface area contributed by atoms with E-state index in [1.54, 1.807) is 6.20 Å². The van der Waals surface area contributed by atoms with E-state index in [1.165, 1.54) is 0 Å². The Bertz CT molecular complexity index is 395. The molecule has 0 amide bonds. The van der Waals surface area contributed by atoms with Crippen molar-refractivity contribution in [2.24, 2.45) is 0 Å². The van der Waals surface area contributed by atoms with Crippen LogP contribution in [-0.2, 0) is 9.47 Å². The SMILES string of the molecule is [B]c1ccc(C2CCOC3(CCOCC3)C2)nc1. The van der Waals surface area contributed by atoms with E-state index in [1.807, 2.05) is 6.07 Å². The Labute approximate surface area is 109 Å². The Morgan fingerprint density at radius 2 is 2.06 bits per heavy atom. The second kappa shape index (κ2) is 5.02. The Morgan fingerprint density at radius 1 is 1.22 bits per heavy atom.